The van der Waals surface area contributed by atoms with Gasteiger partial charge in [0.2, 0.25) is 5.91 Å². The predicted octanol–water partition coefficient (Wildman–Crippen LogP) is 4.86. The van der Waals surface area contributed by atoms with Crippen LogP contribution >= 0.6 is 11.3 Å². The standard InChI is InChI=1S/C20H17NO2S/c1-13(18-11-6-12-24-18)21-20(22)19-14-7-2-4-9-16(14)23-17-10-5-3-8-15(17)19/h2-13,19H,1H3,(H,21,22). The van der Waals surface area contributed by atoms with Gasteiger partial charge in [0.1, 0.15) is 11.5 Å². The van der Waals surface area contributed by atoms with Crippen LogP contribution in [-0.2, 0) is 4.79 Å². The van der Waals surface area contributed by atoms with Crippen molar-refractivity contribution >= 4 is 17.2 Å². The molecule has 1 aromatic heterocycles. The van der Waals surface area contributed by atoms with Crippen molar-refractivity contribution in [2.45, 2.75) is 18.9 Å². The van der Waals surface area contributed by atoms with Gasteiger partial charge < -0.3 is 10.1 Å². The molecule has 4 rings (SSSR count). The Hall–Kier alpha value is -2.59. The summed E-state index contributed by atoms with van der Waals surface area (Å²) in [6.45, 7) is 2.01. The molecule has 1 unspecified atom stereocenters. The molecule has 0 saturated heterocycles. The maximum Gasteiger partial charge on any atom is 0.232 e. The van der Waals surface area contributed by atoms with Gasteiger partial charge in [0.25, 0.3) is 0 Å². The summed E-state index contributed by atoms with van der Waals surface area (Å²) in [5, 5.41) is 5.17. The van der Waals surface area contributed by atoms with Gasteiger partial charge >= 0.3 is 0 Å². The van der Waals surface area contributed by atoms with E-state index in [4.69, 9.17) is 4.74 Å². The number of thiophene rings is 1. The van der Waals surface area contributed by atoms with E-state index >= 15 is 0 Å². The van der Waals surface area contributed by atoms with E-state index in [-0.39, 0.29) is 17.9 Å². The molecule has 0 radical (unpaired) electrons. The summed E-state index contributed by atoms with van der Waals surface area (Å²) in [6.07, 6.45) is 0. The lowest BCUT2D eigenvalue weighted by molar-refractivity contribution is -0.122. The number of carbonyl (C=O) groups is 1. The number of hydrogen-bond acceptors (Lipinski definition) is 3. The minimum atomic E-state index is -0.353. The Kier molecular flexibility index (Phi) is 3.82. The van der Waals surface area contributed by atoms with E-state index in [2.05, 4.69) is 5.32 Å². The summed E-state index contributed by atoms with van der Waals surface area (Å²) in [4.78, 5) is 14.2. The van der Waals surface area contributed by atoms with Crippen LogP contribution < -0.4 is 10.1 Å². The summed E-state index contributed by atoms with van der Waals surface area (Å²) in [5.41, 5.74) is 1.82. The van der Waals surface area contributed by atoms with Crippen molar-refractivity contribution < 1.29 is 9.53 Å². The molecule has 1 amide bonds. The fourth-order valence-electron chi connectivity index (χ4n) is 3.10. The third kappa shape index (κ3) is 2.59. The number of hydrogen-bond donors (Lipinski definition) is 1. The molecule has 0 fully saturated rings. The van der Waals surface area contributed by atoms with Crippen LogP contribution in [-0.4, -0.2) is 5.91 Å². The molecule has 4 heteroatoms. The van der Waals surface area contributed by atoms with Crippen LogP contribution in [0.15, 0.2) is 66.0 Å². The van der Waals surface area contributed by atoms with E-state index in [0.717, 1.165) is 27.5 Å². The van der Waals surface area contributed by atoms with Gasteiger partial charge in [-0.15, -0.1) is 11.3 Å². The van der Waals surface area contributed by atoms with Crippen LogP contribution in [0.25, 0.3) is 0 Å². The molecular formula is C20H17NO2S. The average molecular weight is 335 g/mol. The average Bonchev–Trinajstić information content (AvgIpc) is 3.14. The lowest BCUT2D eigenvalue weighted by Crippen LogP contribution is -2.33. The molecule has 3 nitrogen and oxygen atoms in total. The zero-order valence-electron chi connectivity index (χ0n) is 13.2. The zero-order valence-corrected chi connectivity index (χ0v) is 14.0. The Labute approximate surface area is 144 Å². The fourth-order valence-corrected chi connectivity index (χ4v) is 3.83. The first kappa shape index (κ1) is 15.0. The second-order valence-corrected chi connectivity index (χ2v) is 6.84. The van der Waals surface area contributed by atoms with E-state index < -0.39 is 0 Å². The number of benzene rings is 2. The largest absolute Gasteiger partial charge is 0.457 e. The Morgan fingerprint density at radius 1 is 1.00 bits per heavy atom. The van der Waals surface area contributed by atoms with Crippen molar-refractivity contribution in [3.05, 3.63) is 82.0 Å². The molecule has 0 bridgehead atoms. The zero-order chi connectivity index (χ0) is 16.5. The molecule has 0 spiro atoms. The van der Waals surface area contributed by atoms with Crippen molar-refractivity contribution in [2.24, 2.45) is 0 Å². The van der Waals surface area contributed by atoms with Crippen molar-refractivity contribution in [3.8, 4) is 11.5 Å². The molecule has 0 saturated carbocycles. The van der Waals surface area contributed by atoms with Gasteiger partial charge in [-0.25, -0.2) is 0 Å². The third-order valence-electron chi connectivity index (χ3n) is 4.27. The van der Waals surface area contributed by atoms with Gasteiger partial charge in [-0.05, 0) is 30.5 Å². The lowest BCUT2D eigenvalue weighted by Gasteiger charge is -2.28. The topological polar surface area (TPSA) is 38.3 Å². The number of para-hydroxylation sites is 2. The Balaban J connectivity index is 1.70. The lowest BCUT2D eigenvalue weighted by atomic mass is 9.87. The van der Waals surface area contributed by atoms with E-state index in [1.165, 1.54) is 0 Å². The summed E-state index contributed by atoms with van der Waals surface area (Å²) >= 11 is 1.65. The van der Waals surface area contributed by atoms with Crippen LogP contribution in [0, 0.1) is 0 Å². The third-order valence-corrected chi connectivity index (χ3v) is 5.33. The number of fused-ring (bicyclic) bond motifs is 2. The van der Waals surface area contributed by atoms with Gasteiger partial charge in [0.15, 0.2) is 0 Å². The molecular weight excluding hydrogens is 318 g/mol. The van der Waals surface area contributed by atoms with Crippen molar-refractivity contribution in [1.29, 1.82) is 0 Å². The molecule has 3 aromatic rings. The molecule has 0 aliphatic carbocycles. The van der Waals surface area contributed by atoms with Crippen molar-refractivity contribution in [3.63, 3.8) is 0 Å². The minimum Gasteiger partial charge on any atom is -0.457 e. The van der Waals surface area contributed by atoms with Gasteiger partial charge in [0, 0.05) is 16.0 Å². The highest BCUT2D eigenvalue weighted by atomic mass is 32.1. The summed E-state index contributed by atoms with van der Waals surface area (Å²) in [5.74, 6) is 1.15. The number of ether oxygens (including phenoxy) is 1. The van der Waals surface area contributed by atoms with Gasteiger partial charge in [-0.1, -0.05) is 42.5 Å². The second kappa shape index (κ2) is 6.13. The first-order valence-electron chi connectivity index (χ1n) is 7.93. The van der Waals surface area contributed by atoms with E-state index in [1.807, 2.05) is 73.0 Å². The molecule has 24 heavy (non-hydrogen) atoms. The van der Waals surface area contributed by atoms with Gasteiger partial charge in [0.05, 0.1) is 12.0 Å². The SMILES string of the molecule is CC(NC(=O)C1c2ccccc2Oc2ccccc21)c1cccs1. The van der Waals surface area contributed by atoms with Crippen molar-refractivity contribution in [1.82, 2.24) is 5.32 Å². The first-order chi connectivity index (χ1) is 11.7. The Morgan fingerprint density at radius 3 is 2.21 bits per heavy atom. The Bertz CT molecular complexity index is 827. The highest BCUT2D eigenvalue weighted by Gasteiger charge is 2.32. The number of nitrogens with one attached hydrogen (secondary N) is 1. The van der Waals surface area contributed by atoms with Gasteiger partial charge in [-0.2, -0.15) is 0 Å². The molecule has 2 aromatic carbocycles. The van der Waals surface area contributed by atoms with Crippen molar-refractivity contribution in [2.75, 3.05) is 0 Å². The van der Waals surface area contributed by atoms with Crippen LogP contribution in [0.4, 0.5) is 0 Å². The molecule has 1 aliphatic rings. The van der Waals surface area contributed by atoms with Crippen LogP contribution in [0.5, 0.6) is 11.5 Å². The molecule has 1 aliphatic heterocycles. The quantitative estimate of drug-likeness (QED) is 0.742. The number of rotatable bonds is 3. The first-order valence-corrected chi connectivity index (χ1v) is 8.81. The highest BCUT2D eigenvalue weighted by Crippen LogP contribution is 2.44. The highest BCUT2D eigenvalue weighted by molar-refractivity contribution is 7.10. The van der Waals surface area contributed by atoms with Crippen LogP contribution in [0.3, 0.4) is 0 Å². The summed E-state index contributed by atoms with van der Waals surface area (Å²) < 4.78 is 5.96. The Morgan fingerprint density at radius 2 is 1.62 bits per heavy atom. The summed E-state index contributed by atoms with van der Waals surface area (Å²) in [6, 6.07) is 19.5. The minimum absolute atomic E-state index is 0.000833. The predicted molar refractivity (Wildman–Crippen MR) is 95.7 cm³/mol. The normalized spacial score (nSPS) is 14.2. The van der Waals surface area contributed by atoms with Gasteiger partial charge in [-0.3, -0.25) is 4.79 Å². The smallest absolute Gasteiger partial charge is 0.232 e. The molecule has 120 valence electrons. The van der Waals surface area contributed by atoms with Crippen LogP contribution in [0.1, 0.15) is 34.9 Å². The van der Waals surface area contributed by atoms with E-state index in [9.17, 15) is 4.79 Å². The number of amides is 1. The number of carbonyl (C=O) groups excluding carboxylic acids is 1. The summed E-state index contributed by atoms with van der Waals surface area (Å²) in [7, 11) is 0. The molecule has 1 atom stereocenters. The fraction of sp³-hybridized carbons (Fsp3) is 0.150. The van der Waals surface area contributed by atoms with E-state index in [0.29, 0.717) is 0 Å². The molecule has 2 heterocycles. The van der Waals surface area contributed by atoms with Crippen LogP contribution in [0.2, 0.25) is 0 Å². The van der Waals surface area contributed by atoms with E-state index in [1.54, 1.807) is 11.3 Å². The maximum absolute atomic E-state index is 13.1. The monoisotopic (exact) mass is 335 g/mol. The molecule has 1 N–H and O–H groups in total. The maximum atomic E-state index is 13.1. The second-order valence-electron chi connectivity index (χ2n) is 5.86.